The summed E-state index contributed by atoms with van der Waals surface area (Å²) in [6.45, 7) is 1.67. The molecule has 0 saturated carbocycles. The molecule has 1 aromatic rings. The van der Waals surface area contributed by atoms with Gasteiger partial charge in [0.15, 0.2) is 0 Å². The van der Waals surface area contributed by atoms with Gasteiger partial charge in [-0.3, -0.25) is 4.90 Å². The Labute approximate surface area is 93.9 Å². The number of nitrogens with one attached hydrogen (secondary N) is 1. The Morgan fingerprint density at radius 2 is 2.21 bits per heavy atom. The molecule has 0 spiro atoms. The van der Waals surface area contributed by atoms with Crippen molar-refractivity contribution in [2.75, 3.05) is 18.9 Å². The molecule has 0 aliphatic carbocycles. The van der Waals surface area contributed by atoms with Crippen LogP contribution in [0.2, 0.25) is 5.02 Å². The maximum absolute atomic E-state index is 5.93. The van der Waals surface area contributed by atoms with E-state index in [1.54, 1.807) is 0 Å². The van der Waals surface area contributed by atoms with E-state index < -0.39 is 0 Å². The maximum Gasteiger partial charge on any atom is 0.0939 e. The minimum absolute atomic E-state index is 0.770. The highest BCUT2D eigenvalue weighted by Crippen LogP contribution is 2.23. The van der Waals surface area contributed by atoms with Crippen molar-refractivity contribution in [3.63, 3.8) is 0 Å². The smallest absolute Gasteiger partial charge is 0.0939 e. The second-order valence-corrected chi connectivity index (χ2v) is 4.45. The minimum atomic E-state index is 0.770. The first-order valence-corrected chi connectivity index (χ1v) is 5.20. The van der Waals surface area contributed by atoms with Crippen molar-refractivity contribution in [2.45, 2.75) is 6.54 Å². The van der Waals surface area contributed by atoms with Crippen molar-refractivity contribution >= 4 is 34.5 Å². The summed E-state index contributed by atoms with van der Waals surface area (Å²) in [5.74, 6) is 0. The van der Waals surface area contributed by atoms with Crippen LogP contribution in [0.3, 0.4) is 0 Å². The number of fused-ring (bicyclic) bond motifs is 1. The van der Waals surface area contributed by atoms with Crippen molar-refractivity contribution in [2.24, 2.45) is 0 Å². The molecule has 0 aromatic heterocycles. The van der Waals surface area contributed by atoms with E-state index in [4.69, 9.17) is 23.8 Å². The van der Waals surface area contributed by atoms with Crippen LogP contribution in [0, 0.1) is 0 Å². The highest BCUT2D eigenvalue weighted by atomic mass is 35.5. The quantitative estimate of drug-likeness (QED) is 0.685. The van der Waals surface area contributed by atoms with Gasteiger partial charge in [-0.25, -0.2) is 0 Å². The van der Waals surface area contributed by atoms with Gasteiger partial charge in [0, 0.05) is 23.8 Å². The van der Waals surface area contributed by atoms with Gasteiger partial charge < -0.3 is 5.32 Å². The molecule has 0 atom stereocenters. The van der Waals surface area contributed by atoms with E-state index in [0.29, 0.717) is 0 Å². The lowest BCUT2D eigenvalue weighted by molar-refractivity contribution is 0.379. The van der Waals surface area contributed by atoms with Crippen molar-refractivity contribution in [3.8, 4) is 0 Å². The Morgan fingerprint density at radius 3 is 3.00 bits per heavy atom. The lowest BCUT2D eigenvalue weighted by atomic mass is 10.2. The highest BCUT2D eigenvalue weighted by Gasteiger charge is 2.13. The maximum atomic E-state index is 5.93. The van der Waals surface area contributed by atoms with Crippen LogP contribution in [-0.4, -0.2) is 23.5 Å². The second kappa shape index (κ2) is 3.85. The fraction of sp³-hybridized carbons (Fsp3) is 0.300. The number of halogens is 1. The van der Waals surface area contributed by atoms with E-state index in [1.165, 1.54) is 5.56 Å². The van der Waals surface area contributed by atoms with E-state index in [0.717, 1.165) is 28.8 Å². The zero-order chi connectivity index (χ0) is 10.1. The van der Waals surface area contributed by atoms with Crippen LogP contribution in [0.15, 0.2) is 18.2 Å². The van der Waals surface area contributed by atoms with Gasteiger partial charge >= 0.3 is 0 Å². The lowest BCUT2D eigenvalue weighted by Crippen LogP contribution is -2.24. The van der Waals surface area contributed by atoms with Crippen LogP contribution in [0.1, 0.15) is 5.56 Å². The summed E-state index contributed by atoms with van der Waals surface area (Å²) in [5, 5.41) is 3.98. The number of rotatable bonds is 0. The molecule has 1 aromatic carbocycles. The van der Waals surface area contributed by atoms with Crippen LogP contribution in [-0.2, 0) is 6.54 Å². The fourth-order valence-electron chi connectivity index (χ4n) is 1.60. The number of benzene rings is 1. The van der Waals surface area contributed by atoms with Crippen LogP contribution in [0.4, 0.5) is 5.69 Å². The van der Waals surface area contributed by atoms with Crippen LogP contribution in [0.5, 0.6) is 0 Å². The SMILES string of the molecule is CN1CC(=S)Nc2ccc(Cl)cc2C1. The number of hydrogen-bond acceptors (Lipinski definition) is 2. The van der Waals surface area contributed by atoms with E-state index >= 15 is 0 Å². The highest BCUT2D eigenvalue weighted by molar-refractivity contribution is 7.80. The Hall–Kier alpha value is -0.640. The third-order valence-corrected chi connectivity index (χ3v) is 2.66. The van der Waals surface area contributed by atoms with Crippen molar-refractivity contribution in [1.82, 2.24) is 4.90 Å². The first-order chi connectivity index (χ1) is 6.65. The van der Waals surface area contributed by atoms with Gasteiger partial charge in [-0.2, -0.15) is 0 Å². The molecule has 1 heterocycles. The molecule has 0 bridgehead atoms. The number of likely N-dealkylation sites (N-methyl/N-ethyl adjacent to an activating group) is 1. The number of anilines is 1. The molecular weight excluding hydrogens is 216 g/mol. The van der Waals surface area contributed by atoms with Gasteiger partial charge in [-0.1, -0.05) is 23.8 Å². The monoisotopic (exact) mass is 226 g/mol. The zero-order valence-corrected chi connectivity index (χ0v) is 9.45. The molecule has 0 amide bonds. The lowest BCUT2D eigenvalue weighted by Gasteiger charge is -2.12. The molecule has 2 nitrogen and oxygen atoms in total. The molecule has 0 radical (unpaired) electrons. The average molecular weight is 227 g/mol. The van der Waals surface area contributed by atoms with E-state index in [1.807, 2.05) is 25.2 Å². The molecular formula is C10H11ClN2S. The first kappa shape index (κ1) is 9.90. The van der Waals surface area contributed by atoms with E-state index in [9.17, 15) is 0 Å². The molecule has 1 aliphatic rings. The molecule has 0 saturated heterocycles. The average Bonchev–Trinajstić information content (AvgIpc) is 2.21. The summed E-state index contributed by atoms with van der Waals surface area (Å²) in [5.41, 5.74) is 2.27. The van der Waals surface area contributed by atoms with Crippen molar-refractivity contribution in [3.05, 3.63) is 28.8 Å². The third-order valence-electron chi connectivity index (χ3n) is 2.20. The first-order valence-electron chi connectivity index (χ1n) is 4.42. The zero-order valence-electron chi connectivity index (χ0n) is 7.88. The van der Waals surface area contributed by atoms with Crippen molar-refractivity contribution < 1.29 is 0 Å². The topological polar surface area (TPSA) is 15.3 Å². The summed E-state index contributed by atoms with van der Waals surface area (Å²) in [6, 6.07) is 5.83. The summed E-state index contributed by atoms with van der Waals surface area (Å²) in [7, 11) is 2.05. The number of hydrogen-bond donors (Lipinski definition) is 1. The Bertz CT molecular complexity index is 378. The molecule has 74 valence electrons. The van der Waals surface area contributed by atoms with Crippen LogP contribution >= 0.6 is 23.8 Å². The molecule has 0 fully saturated rings. The van der Waals surface area contributed by atoms with E-state index in [-0.39, 0.29) is 0 Å². The molecule has 1 aliphatic heterocycles. The summed E-state index contributed by atoms with van der Waals surface area (Å²) in [6.07, 6.45) is 0. The minimum Gasteiger partial charge on any atom is -0.349 e. The number of nitrogens with zero attached hydrogens (tertiary/aromatic N) is 1. The van der Waals surface area contributed by atoms with Gasteiger partial charge in [-0.05, 0) is 30.8 Å². The van der Waals surface area contributed by atoms with Gasteiger partial charge in [-0.15, -0.1) is 0 Å². The van der Waals surface area contributed by atoms with Gasteiger partial charge in [0.05, 0.1) is 4.99 Å². The predicted octanol–water partition coefficient (Wildman–Crippen LogP) is 2.52. The largest absolute Gasteiger partial charge is 0.349 e. The molecule has 0 unspecified atom stereocenters. The van der Waals surface area contributed by atoms with Gasteiger partial charge in [0.2, 0.25) is 0 Å². The standard InChI is InChI=1S/C10H11ClN2S/c1-13-5-7-4-8(11)2-3-9(7)12-10(14)6-13/h2-4H,5-6H2,1H3,(H,12,14). The van der Waals surface area contributed by atoms with Crippen LogP contribution < -0.4 is 5.32 Å². The molecule has 4 heteroatoms. The fourth-order valence-corrected chi connectivity index (χ4v) is 2.12. The Balaban J connectivity index is 2.41. The number of thiocarbonyl (C=S) groups is 1. The normalized spacial score (nSPS) is 17.1. The Kier molecular flexibility index (Phi) is 2.72. The van der Waals surface area contributed by atoms with E-state index in [2.05, 4.69) is 10.2 Å². The van der Waals surface area contributed by atoms with Gasteiger partial charge in [0.1, 0.15) is 0 Å². The summed E-state index contributed by atoms with van der Waals surface area (Å²) < 4.78 is 0. The second-order valence-electron chi connectivity index (χ2n) is 3.52. The summed E-state index contributed by atoms with van der Waals surface area (Å²) in [4.78, 5) is 3.02. The van der Waals surface area contributed by atoms with Crippen molar-refractivity contribution in [1.29, 1.82) is 0 Å². The molecule has 2 rings (SSSR count). The van der Waals surface area contributed by atoms with Crippen LogP contribution in [0.25, 0.3) is 0 Å². The van der Waals surface area contributed by atoms with Gasteiger partial charge in [0.25, 0.3) is 0 Å². The Morgan fingerprint density at radius 1 is 1.43 bits per heavy atom. The predicted molar refractivity (Wildman–Crippen MR) is 64.0 cm³/mol. The third kappa shape index (κ3) is 2.05. The molecule has 1 N–H and O–H groups in total. The summed E-state index contributed by atoms with van der Waals surface area (Å²) >= 11 is 11.1. The molecule has 14 heavy (non-hydrogen) atoms.